The van der Waals surface area contributed by atoms with Crippen molar-refractivity contribution in [2.75, 3.05) is 11.1 Å². The van der Waals surface area contributed by atoms with Gasteiger partial charge in [0.2, 0.25) is 11.1 Å². The van der Waals surface area contributed by atoms with Gasteiger partial charge in [-0.2, -0.15) is 0 Å². The van der Waals surface area contributed by atoms with E-state index in [1.54, 1.807) is 0 Å². The summed E-state index contributed by atoms with van der Waals surface area (Å²) in [4.78, 5) is 16.4. The van der Waals surface area contributed by atoms with Crippen molar-refractivity contribution in [3.05, 3.63) is 57.5 Å². The van der Waals surface area contributed by atoms with Crippen LogP contribution in [-0.2, 0) is 4.79 Å². The summed E-state index contributed by atoms with van der Waals surface area (Å²) in [7, 11) is 0. The molecule has 8 heteroatoms. The molecule has 0 aliphatic heterocycles. The first-order valence-electron chi connectivity index (χ1n) is 6.97. The van der Waals surface area contributed by atoms with Crippen LogP contribution in [0.5, 0.6) is 0 Å². The Morgan fingerprint density at radius 2 is 1.67 bits per heavy atom. The lowest BCUT2D eigenvalue weighted by Crippen LogP contribution is -2.13. The fraction of sp³-hybridized carbons (Fsp3) is 0.0625. The Morgan fingerprint density at radius 3 is 2.33 bits per heavy atom. The molecule has 1 heterocycles. The number of nitrogens with zero attached hydrogens (tertiary/aromatic N) is 2. The van der Waals surface area contributed by atoms with Crippen molar-refractivity contribution in [3.8, 4) is 11.4 Å². The van der Waals surface area contributed by atoms with Crippen LogP contribution in [-0.4, -0.2) is 26.8 Å². The number of carbonyl (C=O) groups is 1. The van der Waals surface area contributed by atoms with Gasteiger partial charge in [-0.15, -0.1) is 5.10 Å². The van der Waals surface area contributed by atoms with Gasteiger partial charge in [0.15, 0.2) is 5.82 Å². The third-order valence-electron chi connectivity index (χ3n) is 3.04. The SMILES string of the molecule is O=C(CSc1n[nH]c(-c2ccc(Br)cc2)n1)Nc1ccc(Br)cc1. The normalized spacial score (nSPS) is 10.6. The first-order chi connectivity index (χ1) is 11.6. The minimum atomic E-state index is -0.0997. The molecule has 0 bridgehead atoms. The summed E-state index contributed by atoms with van der Waals surface area (Å²) in [5, 5.41) is 10.4. The summed E-state index contributed by atoms with van der Waals surface area (Å²) in [6.07, 6.45) is 0. The van der Waals surface area contributed by atoms with Crippen LogP contribution in [0.3, 0.4) is 0 Å². The maximum absolute atomic E-state index is 12.0. The van der Waals surface area contributed by atoms with E-state index in [1.165, 1.54) is 11.8 Å². The quantitative estimate of drug-likeness (QED) is 0.532. The van der Waals surface area contributed by atoms with Crippen LogP contribution in [0.2, 0.25) is 0 Å². The lowest BCUT2D eigenvalue weighted by Gasteiger charge is -2.03. The highest BCUT2D eigenvalue weighted by Crippen LogP contribution is 2.21. The molecule has 0 radical (unpaired) electrons. The van der Waals surface area contributed by atoms with Gasteiger partial charge in [-0.05, 0) is 36.4 Å². The molecule has 0 saturated heterocycles. The number of thioether (sulfide) groups is 1. The highest BCUT2D eigenvalue weighted by molar-refractivity contribution is 9.10. The van der Waals surface area contributed by atoms with Gasteiger partial charge in [0.05, 0.1) is 5.75 Å². The number of aromatic amines is 1. The highest BCUT2D eigenvalue weighted by atomic mass is 79.9. The van der Waals surface area contributed by atoms with E-state index in [1.807, 2.05) is 48.5 Å². The molecule has 0 spiro atoms. The Kier molecular flexibility index (Phi) is 5.70. The van der Waals surface area contributed by atoms with Gasteiger partial charge < -0.3 is 5.32 Å². The molecule has 0 saturated carbocycles. The number of aromatic nitrogens is 3. The molecule has 0 aliphatic carbocycles. The minimum Gasteiger partial charge on any atom is -0.325 e. The Bertz CT molecular complexity index is 834. The van der Waals surface area contributed by atoms with Gasteiger partial charge in [0.1, 0.15) is 0 Å². The van der Waals surface area contributed by atoms with Crippen LogP contribution in [0.15, 0.2) is 62.6 Å². The molecule has 0 fully saturated rings. The summed E-state index contributed by atoms with van der Waals surface area (Å²) in [6.45, 7) is 0. The van der Waals surface area contributed by atoms with Crippen molar-refractivity contribution in [1.29, 1.82) is 0 Å². The van der Waals surface area contributed by atoms with Crippen molar-refractivity contribution in [3.63, 3.8) is 0 Å². The first kappa shape index (κ1) is 17.2. The van der Waals surface area contributed by atoms with Crippen molar-refractivity contribution < 1.29 is 4.79 Å². The van der Waals surface area contributed by atoms with E-state index < -0.39 is 0 Å². The smallest absolute Gasteiger partial charge is 0.234 e. The van der Waals surface area contributed by atoms with Crippen LogP contribution in [0.4, 0.5) is 5.69 Å². The van der Waals surface area contributed by atoms with E-state index in [-0.39, 0.29) is 11.7 Å². The van der Waals surface area contributed by atoms with E-state index >= 15 is 0 Å². The van der Waals surface area contributed by atoms with Crippen molar-refractivity contribution in [2.24, 2.45) is 0 Å². The van der Waals surface area contributed by atoms with Crippen LogP contribution < -0.4 is 5.32 Å². The molecule has 3 aromatic rings. The number of anilines is 1. The fourth-order valence-corrected chi connectivity index (χ4v) is 3.04. The summed E-state index contributed by atoms with van der Waals surface area (Å²) in [6, 6.07) is 15.2. The first-order valence-corrected chi connectivity index (χ1v) is 9.54. The number of halogens is 2. The van der Waals surface area contributed by atoms with Crippen LogP contribution in [0.1, 0.15) is 0 Å². The average Bonchev–Trinajstić information content (AvgIpc) is 3.05. The second-order valence-electron chi connectivity index (χ2n) is 4.82. The Hall–Kier alpha value is -1.64. The van der Waals surface area contributed by atoms with Crippen LogP contribution in [0, 0.1) is 0 Å². The fourth-order valence-electron chi connectivity index (χ4n) is 1.91. The Labute approximate surface area is 159 Å². The predicted molar refractivity (Wildman–Crippen MR) is 103 cm³/mol. The van der Waals surface area contributed by atoms with E-state index in [9.17, 15) is 4.79 Å². The number of rotatable bonds is 5. The maximum atomic E-state index is 12.0. The molecule has 24 heavy (non-hydrogen) atoms. The largest absolute Gasteiger partial charge is 0.325 e. The van der Waals surface area contributed by atoms with Gasteiger partial charge in [-0.25, -0.2) is 4.98 Å². The molecular formula is C16H12Br2N4OS. The number of nitrogens with one attached hydrogen (secondary N) is 2. The number of carbonyl (C=O) groups excluding carboxylic acids is 1. The molecule has 1 aromatic heterocycles. The zero-order valence-corrected chi connectivity index (χ0v) is 16.3. The topological polar surface area (TPSA) is 70.7 Å². The number of hydrogen-bond acceptors (Lipinski definition) is 4. The molecule has 3 rings (SSSR count). The summed E-state index contributed by atoms with van der Waals surface area (Å²) in [5.74, 6) is 0.823. The zero-order chi connectivity index (χ0) is 16.9. The van der Waals surface area contributed by atoms with Gasteiger partial charge in [-0.3, -0.25) is 9.89 Å². The van der Waals surface area contributed by atoms with Crippen LogP contribution >= 0.6 is 43.6 Å². The van der Waals surface area contributed by atoms with Gasteiger partial charge in [0.25, 0.3) is 0 Å². The number of benzene rings is 2. The Morgan fingerprint density at radius 1 is 1.04 bits per heavy atom. The monoisotopic (exact) mass is 466 g/mol. The molecule has 2 N–H and O–H groups in total. The molecule has 0 aliphatic rings. The third kappa shape index (κ3) is 4.68. The molecule has 122 valence electrons. The summed E-state index contributed by atoms with van der Waals surface area (Å²) in [5.41, 5.74) is 1.70. The maximum Gasteiger partial charge on any atom is 0.234 e. The van der Waals surface area contributed by atoms with Crippen molar-refractivity contribution in [1.82, 2.24) is 15.2 Å². The van der Waals surface area contributed by atoms with Gasteiger partial charge in [-0.1, -0.05) is 55.8 Å². The van der Waals surface area contributed by atoms with Gasteiger partial charge in [0, 0.05) is 20.2 Å². The predicted octanol–water partition coefficient (Wildman–Crippen LogP) is 4.73. The van der Waals surface area contributed by atoms with Gasteiger partial charge >= 0.3 is 0 Å². The number of amides is 1. The van der Waals surface area contributed by atoms with E-state index in [0.717, 1.165) is 20.2 Å². The second-order valence-corrected chi connectivity index (χ2v) is 7.59. The average molecular weight is 468 g/mol. The molecule has 0 atom stereocenters. The van der Waals surface area contributed by atoms with E-state index in [4.69, 9.17) is 0 Å². The van der Waals surface area contributed by atoms with Crippen LogP contribution in [0.25, 0.3) is 11.4 Å². The summed E-state index contributed by atoms with van der Waals surface area (Å²) >= 11 is 8.04. The van der Waals surface area contributed by atoms with E-state index in [2.05, 4.69) is 52.4 Å². The molecular weight excluding hydrogens is 456 g/mol. The Balaban J connectivity index is 1.56. The standard InChI is InChI=1S/C16H12Br2N4OS/c17-11-3-1-10(2-4-11)15-20-16(22-21-15)24-9-14(23)19-13-7-5-12(18)6-8-13/h1-8H,9H2,(H,19,23)(H,20,21,22). The van der Waals surface area contributed by atoms with Crippen molar-refractivity contribution in [2.45, 2.75) is 5.16 Å². The third-order valence-corrected chi connectivity index (χ3v) is 4.95. The van der Waals surface area contributed by atoms with E-state index in [0.29, 0.717) is 11.0 Å². The molecule has 0 unspecified atom stereocenters. The second kappa shape index (κ2) is 7.96. The number of H-pyrrole nitrogens is 1. The number of hydrogen-bond donors (Lipinski definition) is 2. The van der Waals surface area contributed by atoms with Crippen molar-refractivity contribution >= 4 is 55.2 Å². The highest BCUT2D eigenvalue weighted by Gasteiger charge is 2.09. The molecule has 5 nitrogen and oxygen atoms in total. The lowest BCUT2D eigenvalue weighted by molar-refractivity contribution is -0.113. The molecule has 1 amide bonds. The lowest BCUT2D eigenvalue weighted by atomic mass is 10.2. The minimum absolute atomic E-state index is 0.0997. The zero-order valence-electron chi connectivity index (χ0n) is 12.3. The summed E-state index contributed by atoms with van der Waals surface area (Å²) < 4.78 is 1.97. The molecule has 2 aromatic carbocycles.